The van der Waals surface area contributed by atoms with Crippen molar-refractivity contribution in [2.45, 2.75) is 0 Å². The highest BCUT2D eigenvalue weighted by atomic mass is 79.9. The molecule has 4 nitrogen and oxygen atoms in total. The molecule has 0 heterocycles. The van der Waals surface area contributed by atoms with Crippen LogP contribution in [-0.4, -0.2) is 5.91 Å². The number of halogens is 2. The van der Waals surface area contributed by atoms with E-state index in [1.54, 1.807) is 36.4 Å². The van der Waals surface area contributed by atoms with Gasteiger partial charge in [-0.3, -0.25) is 4.79 Å². The number of benzene rings is 2. The Morgan fingerprint density at radius 3 is 2.50 bits per heavy atom. The van der Waals surface area contributed by atoms with E-state index in [0.717, 1.165) is 8.95 Å². The molecule has 0 unspecified atom stereocenters. The van der Waals surface area contributed by atoms with Gasteiger partial charge in [0, 0.05) is 14.6 Å². The molecule has 0 aliphatic rings. The van der Waals surface area contributed by atoms with Crippen molar-refractivity contribution in [1.29, 1.82) is 5.26 Å². The molecule has 0 aromatic heterocycles. The molecule has 2 aromatic carbocycles. The summed E-state index contributed by atoms with van der Waals surface area (Å²) in [5.74, 6) is -0.363. The minimum Gasteiger partial charge on any atom is -0.398 e. The zero-order valence-corrected chi connectivity index (χ0v) is 13.3. The van der Waals surface area contributed by atoms with Crippen LogP contribution < -0.4 is 11.1 Å². The lowest BCUT2D eigenvalue weighted by molar-refractivity contribution is 0.102. The summed E-state index contributed by atoms with van der Waals surface area (Å²) in [5.41, 5.74) is 7.33. The topological polar surface area (TPSA) is 78.9 Å². The summed E-state index contributed by atoms with van der Waals surface area (Å²) in [6.45, 7) is 0. The number of nitriles is 1. The summed E-state index contributed by atoms with van der Waals surface area (Å²) < 4.78 is 1.53. The van der Waals surface area contributed by atoms with Gasteiger partial charge in [-0.15, -0.1) is 0 Å². The first-order valence-corrected chi connectivity index (χ1v) is 7.16. The summed E-state index contributed by atoms with van der Waals surface area (Å²) in [6.07, 6.45) is 0. The molecule has 100 valence electrons. The maximum absolute atomic E-state index is 12.2. The van der Waals surface area contributed by atoms with Crippen molar-refractivity contribution in [2.24, 2.45) is 0 Å². The van der Waals surface area contributed by atoms with Crippen molar-refractivity contribution in [1.82, 2.24) is 0 Å². The highest BCUT2D eigenvalue weighted by Crippen LogP contribution is 2.23. The van der Waals surface area contributed by atoms with E-state index in [1.807, 2.05) is 6.07 Å². The molecule has 0 aliphatic carbocycles. The molecule has 2 aromatic rings. The van der Waals surface area contributed by atoms with Crippen LogP contribution >= 0.6 is 31.9 Å². The number of anilines is 2. The highest BCUT2D eigenvalue weighted by Gasteiger charge is 2.13. The third-order valence-corrected chi connectivity index (χ3v) is 3.60. The van der Waals surface area contributed by atoms with Gasteiger partial charge in [0.2, 0.25) is 0 Å². The summed E-state index contributed by atoms with van der Waals surface area (Å²) in [4.78, 5) is 12.2. The molecule has 0 saturated carbocycles. The number of rotatable bonds is 2. The standard InChI is InChI=1S/C14H9Br2N3O/c15-9-3-4-12(18)11(5-9)14(20)19-13-6-10(16)2-1-8(13)7-17/h1-6H,18H2,(H,19,20). The van der Waals surface area contributed by atoms with Crippen molar-refractivity contribution < 1.29 is 4.79 Å². The molecule has 1 amide bonds. The second-order valence-corrected chi connectivity index (χ2v) is 5.82. The first-order chi connectivity index (χ1) is 9.51. The SMILES string of the molecule is N#Cc1ccc(Br)cc1NC(=O)c1cc(Br)ccc1N. The van der Waals surface area contributed by atoms with Crippen LogP contribution in [0.2, 0.25) is 0 Å². The number of carbonyl (C=O) groups is 1. The fourth-order valence-corrected chi connectivity index (χ4v) is 2.35. The second kappa shape index (κ2) is 6.07. The lowest BCUT2D eigenvalue weighted by Gasteiger charge is -2.09. The van der Waals surface area contributed by atoms with Crippen molar-refractivity contribution in [3.63, 3.8) is 0 Å². The predicted octanol–water partition coefficient (Wildman–Crippen LogP) is 3.92. The molecule has 0 atom stereocenters. The fourth-order valence-electron chi connectivity index (χ4n) is 1.63. The molecular formula is C14H9Br2N3O. The van der Waals surface area contributed by atoms with Gasteiger partial charge in [0.25, 0.3) is 5.91 Å². The monoisotopic (exact) mass is 393 g/mol. The van der Waals surface area contributed by atoms with Gasteiger partial charge in [-0.25, -0.2) is 0 Å². The zero-order chi connectivity index (χ0) is 14.7. The highest BCUT2D eigenvalue weighted by molar-refractivity contribution is 9.10. The van der Waals surface area contributed by atoms with Gasteiger partial charge in [0.05, 0.1) is 16.8 Å². The maximum Gasteiger partial charge on any atom is 0.257 e. The first kappa shape index (κ1) is 14.6. The number of hydrogen-bond acceptors (Lipinski definition) is 3. The minimum absolute atomic E-state index is 0.350. The Labute approximate surface area is 132 Å². The van der Waals surface area contributed by atoms with Crippen molar-refractivity contribution in [2.75, 3.05) is 11.1 Å². The lowest BCUT2D eigenvalue weighted by atomic mass is 10.1. The summed E-state index contributed by atoms with van der Waals surface area (Å²) >= 11 is 6.60. The smallest absolute Gasteiger partial charge is 0.257 e. The second-order valence-electron chi connectivity index (χ2n) is 3.99. The third-order valence-electron chi connectivity index (χ3n) is 2.61. The predicted molar refractivity (Wildman–Crippen MR) is 85.4 cm³/mol. The van der Waals surface area contributed by atoms with Crippen LogP contribution in [0.5, 0.6) is 0 Å². The fraction of sp³-hybridized carbons (Fsp3) is 0. The lowest BCUT2D eigenvalue weighted by Crippen LogP contribution is -2.15. The Kier molecular flexibility index (Phi) is 4.42. The van der Waals surface area contributed by atoms with E-state index in [0.29, 0.717) is 22.5 Å². The number of nitrogens with one attached hydrogen (secondary N) is 1. The number of carbonyl (C=O) groups excluding carboxylic acids is 1. The zero-order valence-electron chi connectivity index (χ0n) is 10.2. The third kappa shape index (κ3) is 3.18. The Morgan fingerprint density at radius 2 is 1.80 bits per heavy atom. The Morgan fingerprint density at radius 1 is 1.15 bits per heavy atom. The van der Waals surface area contributed by atoms with Gasteiger partial charge in [0.15, 0.2) is 0 Å². The van der Waals surface area contributed by atoms with Crippen LogP contribution in [0.3, 0.4) is 0 Å². The number of nitrogen functional groups attached to an aromatic ring is 1. The van der Waals surface area contributed by atoms with Gasteiger partial charge < -0.3 is 11.1 Å². The largest absolute Gasteiger partial charge is 0.398 e. The normalized spacial score (nSPS) is 9.85. The van der Waals surface area contributed by atoms with Crippen LogP contribution in [-0.2, 0) is 0 Å². The summed E-state index contributed by atoms with van der Waals surface area (Å²) in [5, 5.41) is 11.7. The van der Waals surface area contributed by atoms with Crippen LogP contribution in [0.15, 0.2) is 45.3 Å². The van der Waals surface area contributed by atoms with Gasteiger partial charge >= 0.3 is 0 Å². The maximum atomic E-state index is 12.2. The molecule has 0 fully saturated rings. The Hall–Kier alpha value is -1.84. The molecule has 0 spiro atoms. The first-order valence-electron chi connectivity index (χ1n) is 5.57. The Balaban J connectivity index is 2.35. The summed E-state index contributed by atoms with van der Waals surface area (Å²) in [6, 6.07) is 12.1. The van der Waals surface area contributed by atoms with Crippen LogP contribution in [0.1, 0.15) is 15.9 Å². The van der Waals surface area contributed by atoms with Crippen LogP contribution in [0.25, 0.3) is 0 Å². The molecule has 0 radical (unpaired) electrons. The molecule has 0 bridgehead atoms. The summed E-state index contributed by atoms with van der Waals surface area (Å²) in [7, 11) is 0. The molecule has 2 rings (SSSR count). The van der Waals surface area contributed by atoms with E-state index in [4.69, 9.17) is 11.0 Å². The van der Waals surface area contributed by atoms with Crippen LogP contribution in [0.4, 0.5) is 11.4 Å². The number of nitrogens with two attached hydrogens (primary N) is 1. The van der Waals surface area contributed by atoms with Gasteiger partial charge in [0.1, 0.15) is 6.07 Å². The molecule has 6 heteroatoms. The average molecular weight is 395 g/mol. The van der Waals surface area contributed by atoms with Crippen LogP contribution in [0, 0.1) is 11.3 Å². The van der Waals surface area contributed by atoms with Crippen molar-refractivity contribution in [3.8, 4) is 6.07 Å². The van der Waals surface area contributed by atoms with Gasteiger partial charge in [-0.2, -0.15) is 5.26 Å². The van der Waals surface area contributed by atoms with E-state index in [9.17, 15) is 4.79 Å². The Bertz CT molecular complexity index is 723. The molecule has 20 heavy (non-hydrogen) atoms. The van der Waals surface area contributed by atoms with E-state index in [2.05, 4.69) is 37.2 Å². The van der Waals surface area contributed by atoms with E-state index < -0.39 is 0 Å². The van der Waals surface area contributed by atoms with Crippen molar-refractivity contribution >= 4 is 49.1 Å². The van der Waals surface area contributed by atoms with E-state index in [-0.39, 0.29) is 5.91 Å². The van der Waals surface area contributed by atoms with E-state index in [1.165, 1.54) is 0 Å². The molecule has 0 saturated heterocycles. The molecule has 3 N–H and O–H groups in total. The number of hydrogen-bond donors (Lipinski definition) is 2. The average Bonchev–Trinajstić information content (AvgIpc) is 2.41. The molecule has 0 aliphatic heterocycles. The van der Waals surface area contributed by atoms with Gasteiger partial charge in [-0.05, 0) is 36.4 Å². The van der Waals surface area contributed by atoms with Crippen molar-refractivity contribution in [3.05, 3.63) is 56.5 Å². The quantitative estimate of drug-likeness (QED) is 0.757. The number of amides is 1. The minimum atomic E-state index is -0.363. The number of nitrogens with zero attached hydrogens (tertiary/aromatic N) is 1. The van der Waals surface area contributed by atoms with E-state index >= 15 is 0 Å². The molecular weight excluding hydrogens is 386 g/mol. The van der Waals surface area contributed by atoms with Gasteiger partial charge in [-0.1, -0.05) is 31.9 Å².